The number of nitrogens with one attached hydrogen (secondary N) is 1. The summed E-state index contributed by atoms with van der Waals surface area (Å²) >= 11 is 5.99. The monoisotopic (exact) mass is 437 g/mol. The second-order valence-corrected chi connectivity index (χ2v) is 10.2. The fourth-order valence-corrected chi connectivity index (χ4v) is 5.57. The van der Waals surface area contributed by atoms with Gasteiger partial charge >= 0.3 is 0 Å². The van der Waals surface area contributed by atoms with Crippen molar-refractivity contribution in [3.63, 3.8) is 0 Å². The van der Waals surface area contributed by atoms with Gasteiger partial charge in [-0.2, -0.15) is 4.31 Å². The van der Waals surface area contributed by atoms with Crippen LogP contribution in [0.3, 0.4) is 0 Å². The van der Waals surface area contributed by atoms with Crippen LogP contribution in [0.1, 0.15) is 12.8 Å². The van der Waals surface area contributed by atoms with Gasteiger partial charge in [0.1, 0.15) is 0 Å². The number of rotatable bonds is 4. The number of benzene rings is 2. The highest BCUT2D eigenvalue weighted by Crippen LogP contribution is 2.26. The molecular weight excluding hydrogens is 414 g/mol. The maximum absolute atomic E-state index is 13.1. The Kier molecular flexibility index (Phi) is 5.56. The molecule has 2 N–H and O–H groups in total. The Bertz CT molecular complexity index is 1040. The van der Waals surface area contributed by atoms with Crippen molar-refractivity contribution in [2.24, 2.45) is 0 Å². The molecule has 156 valence electrons. The average Bonchev–Trinajstić information content (AvgIpc) is 2.69. The van der Waals surface area contributed by atoms with E-state index in [4.69, 9.17) is 11.6 Å². The van der Waals surface area contributed by atoms with Gasteiger partial charge in [-0.25, -0.2) is 8.42 Å². The van der Waals surface area contributed by atoms with E-state index >= 15 is 0 Å². The number of carbonyl (C=O) groups excluding carboxylic acids is 1. The van der Waals surface area contributed by atoms with E-state index in [0.717, 1.165) is 10.8 Å². The number of hydrogen-bond acceptors (Lipinski definition) is 5. The van der Waals surface area contributed by atoms with Crippen molar-refractivity contribution < 1.29 is 18.3 Å². The summed E-state index contributed by atoms with van der Waals surface area (Å²) in [5.41, 5.74) is -0.901. The number of piperidine rings is 1. The fraction of sp³-hybridized carbons (Fsp3) is 0.450. The molecule has 2 aliphatic heterocycles. The lowest BCUT2D eigenvalue weighted by molar-refractivity contribution is -0.139. The quantitative estimate of drug-likeness (QED) is 0.755. The van der Waals surface area contributed by atoms with Gasteiger partial charge in [0.15, 0.2) is 0 Å². The zero-order chi connectivity index (χ0) is 20.6. The van der Waals surface area contributed by atoms with Gasteiger partial charge in [-0.3, -0.25) is 4.79 Å². The number of fused-ring (bicyclic) bond motifs is 1. The minimum Gasteiger partial charge on any atom is -0.388 e. The van der Waals surface area contributed by atoms with E-state index in [1.165, 1.54) is 4.31 Å². The molecular formula is C20H24ClN3O4S. The van der Waals surface area contributed by atoms with E-state index in [0.29, 0.717) is 31.0 Å². The van der Waals surface area contributed by atoms with Crippen LogP contribution in [0.4, 0.5) is 0 Å². The minimum absolute atomic E-state index is 0.158. The second-order valence-electron chi connectivity index (χ2n) is 7.78. The summed E-state index contributed by atoms with van der Waals surface area (Å²) < 4.78 is 27.4. The molecule has 2 aromatic carbocycles. The van der Waals surface area contributed by atoms with Crippen molar-refractivity contribution >= 4 is 38.3 Å². The predicted molar refractivity (Wildman–Crippen MR) is 111 cm³/mol. The summed E-state index contributed by atoms with van der Waals surface area (Å²) in [5.74, 6) is -0.278. The molecule has 0 aliphatic carbocycles. The van der Waals surface area contributed by atoms with Gasteiger partial charge < -0.3 is 15.3 Å². The SMILES string of the molecule is O=C1CN(S(=O)(=O)c2ccc3cc(Cl)ccc3c2)CCN1CC1(O)CCNCC1. The molecule has 2 aliphatic rings. The molecule has 29 heavy (non-hydrogen) atoms. The molecule has 0 radical (unpaired) electrons. The van der Waals surface area contributed by atoms with Crippen LogP contribution in [-0.4, -0.2) is 73.5 Å². The van der Waals surface area contributed by atoms with E-state index in [1.807, 2.05) is 0 Å². The fourth-order valence-electron chi connectivity index (χ4n) is 3.97. The molecule has 2 heterocycles. The first-order valence-electron chi connectivity index (χ1n) is 9.67. The third kappa shape index (κ3) is 4.27. The predicted octanol–water partition coefficient (Wildman–Crippen LogP) is 1.44. The number of halogens is 1. The molecule has 0 atom stereocenters. The maximum atomic E-state index is 13.1. The van der Waals surface area contributed by atoms with Gasteiger partial charge in [0.05, 0.1) is 17.0 Å². The molecule has 0 unspecified atom stereocenters. The van der Waals surface area contributed by atoms with E-state index in [2.05, 4.69) is 5.32 Å². The van der Waals surface area contributed by atoms with Crippen molar-refractivity contribution in [1.29, 1.82) is 0 Å². The van der Waals surface area contributed by atoms with E-state index < -0.39 is 15.6 Å². The normalized spacial score (nSPS) is 20.9. The Morgan fingerprint density at radius 3 is 2.48 bits per heavy atom. The first-order valence-corrected chi connectivity index (χ1v) is 11.5. The van der Waals surface area contributed by atoms with Crippen LogP contribution in [0.15, 0.2) is 41.3 Å². The summed E-state index contributed by atoms with van der Waals surface area (Å²) in [6, 6.07) is 10.1. The highest BCUT2D eigenvalue weighted by molar-refractivity contribution is 7.89. The first kappa shape index (κ1) is 20.6. The summed E-state index contributed by atoms with van der Waals surface area (Å²) in [5, 5.41) is 16.1. The Morgan fingerprint density at radius 2 is 1.76 bits per heavy atom. The number of hydrogen-bond donors (Lipinski definition) is 2. The third-order valence-corrected chi connectivity index (χ3v) is 7.79. The molecule has 0 spiro atoms. The standard InChI is InChI=1S/C20H24ClN3O4S/c21-17-3-1-16-12-18(4-2-15(16)11-17)29(27,28)24-10-9-23(19(25)13-24)14-20(26)5-7-22-8-6-20/h1-4,11-12,22,26H,5-10,13-14H2. The lowest BCUT2D eigenvalue weighted by Gasteiger charge is -2.40. The number of amides is 1. The topological polar surface area (TPSA) is 90.0 Å². The molecule has 1 amide bonds. The summed E-state index contributed by atoms with van der Waals surface area (Å²) in [4.78, 5) is 14.4. The van der Waals surface area contributed by atoms with Gasteiger partial charge in [-0.1, -0.05) is 23.7 Å². The molecule has 9 heteroatoms. The van der Waals surface area contributed by atoms with Crippen LogP contribution < -0.4 is 5.32 Å². The largest absolute Gasteiger partial charge is 0.388 e. The number of carbonyl (C=O) groups is 1. The van der Waals surface area contributed by atoms with Gasteiger partial charge in [0.25, 0.3) is 0 Å². The maximum Gasteiger partial charge on any atom is 0.243 e. The van der Waals surface area contributed by atoms with E-state index in [9.17, 15) is 18.3 Å². The lowest BCUT2D eigenvalue weighted by atomic mass is 9.91. The molecule has 0 bridgehead atoms. The Hall–Kier alpha value is -1.71. The van der Waals surface area contributed by atoms with Crippen molar-refractivity contribution in [3.05, 3.63) is 41.4 Å². The van der Waals surface area contributed by atoms with E-state index in [1.54, 1.807) is 41.3 Å². The smallest absolute Gasteiger partial charge is 0.243 e. The van der Waals surface area contributed by atoms with Gasteiger partial charge in [0.2, 0.25) is 15.9 Å². The summed E-state index contributed by atoms with van der Waals surface area (Å²) in [7, 11) is -3.79. The molecule has 0 aromatic heterocycles. The van der Waals surface area contributed by atoms with Crippen molar-refractivity contribution in [2.75, 3.05) is 39.3 Å². The molecule has 4 rings (SSSR count). The van der Waals surface area contributed by atoms with Crippen LogP contribution in [0, 0.1) is 0 Å². The molecule has 2 aromatic rings. The van der Waals surface area contributed by atoms with Crippen LogP contribution in [-0.2, 0) is 14.8 Å². The molecule has 2 fully saturated rings. The number of piperazine rings is 1. The van der Waals surface area contributed by atoms with Crippen molar-refractivity contribution in [3.8, 4) is 0 Å². The second kappa shape index (κ2) is 7.85. The highest BCUT2D eigenvalue weighted by atomic mass is 35.5. The first-order chi connectivity index (χ1) is 13.8. The van der Waals surface area contributed by atoms with Crippen molar-refractivity contribution in [2.45, 2.75) is 23.3 Å². The van der Waals surface area contributed by atoms with Crippen molar-refractivity contribution in [1.82, 2.24) is 14.5 Å². The summed E-state index contributed by atoms with van der Waals surface area (Å²) in [6.45, 7) is 1.95. The highest BCUT2D eigenvalue weighted by Gasteiger charge is 2.37. The Balaban J connectivity index is 1.49. The van der Waals surface area contributed by atoms with Crippen LogP contribution in [0.2, 0.25) is 5.02 Å². The lowest BCUT2D eigenvalue weighted by Crippen LogP contribution is -2.57. The number of β-amino-alcohol motifs (C(OH)–C–C–N with tert-alkyl or cyclic N) is 1. The van der Waals surface area contributed by atoms with Gasteiger partial charge in [0, 0.05) is 24.7 Å². The van der Waals surface area contributed by atoms with E-state index in [-0.39, 0.29) is 37.0 Å². The zero-order valence-electron chi connectivity index (χ0n) is 16.0. The Morgan fingerprint density at radius 1 is 1.07 bits per heavy atom. The number of nitrogens with zero attached hydrogens (tertiary/aromatic N) is 2. The van der Waals surface area contributed by atoms with Gasteiger partial charge in [-0.15, -0.1) is 0 Å². The molecule has 0 saturated carbocycles. The number of sulfonamides is 1. The molecule has 2 saturated heterocycles. The van der Waals surface area contributed by atoms with Crippen LogP contribution in [0.5, 0.6) is 0 Å². The summed E-state index contributed by atoms with van der Waals surface area (Å²) in [6.07, 6.45) is 1.17. The minimum atomic E-state index is -3.79. The molecule has 7 nitrogen and oxygen atoms in total. The average molecular weight is 438 g/mol. The third-order valence-electron chi connectivity index (χ3n) is 5.71. The number of aliphatic hydroxyl groups is 1. The Labute approximate surface area is 175 Å². The van der Waals surface area contributed by atoms with Gasteiger partial charge in [-0.05, 0) is 61.0 Å². The van der Waals surface area contributed by atoms with Crippen LogP contribution in [0.25, 0.3) is 10.8 Å². The zero-order valence-corrected chi connectivity index (χ0v) is 17.5. The van der Waals surface area contributed by atoms with Crippen LogP contribution >= 0.6 is 11.6 Å².